The molecule has 1 atom stereocenters. The van der Waals surface area contributed by atoms with Crippen molar-refractivity contribution >= 4 is 28.5 Å². The lowest BCUT2D eigenvalue weighted by Crippen LogP contribution is -2.49. The predicted molar refractivity (Wildman–Crippen MR) is 93.4 cm³/mol. The van der Waals surface area contributed by atoms with Crippen LogP contribution in [0.1, 0.15) is 19.3 Å². The molecule has 2 aliphatic heterocycles. The van der Waals surface area contributed by atoms with Crippen LogP contribution in [0.25, 0.3) is 10.9 Å². The third-order valence-corrected chi connectivity index (χ3v) is 5.01. The van der Waals surface area contributed by atoms with Crippen molar-refractivity contribution in [3.05, 3.63) is 30.5 Å². The Morgan fingerprint density at radius 2 is 2.12 bits per heavy atom. The van der Waals surface area contributed by atoms with E-state index in [0.717, 1.165) is 29.6 Å². The van der Waals surface area contributed by atoms with Crippen molar-refractivity contribution in [2.24, 2.45) is 0 Å². The third kappa shape index (κ3) is 3.00. The lowest BCUT2D eigenvalue weighted by molar-refractivity contribution is -0.120. The molecule has 132 valence electrons. The zero-order valence-corrected chi connectivity index (χ0v) is 13.9. The normalized spacial score (nSPS) is 24.6. The van der Waals surface area contributed by atoms with Crippen molar-refractivity contribution in [1.29, 1.82) is 0 Å². The van der Waals surface area contributed by atoms with E-state index in [9.17, 15) is 9.59 Å². The van der Waals surface area contributed by atoms with Crippen molar-refractivity contribution in [3.8, 4) is 0 Å². The van der Waals surface area contributed by atoms with Crippen molar-refractivity contribution < 1.29 is 14.0 Å². The molecule has 2 aliphatic rings. The Hall–Kier alpha value is -2.41. The number of piperidine rings is 1. The molecule has 4 rings (SSSR count). The van der Waals surface area contributed by atoms with Gasteiger partial charge in [0.2, 0.25) is 5.91 Å². The molecular formula is C18H21FN4O2. The highest BCUT2D eigenvalue weighted by molar-refractivity contribution is 6.09. The topological polar surface area (TPSA) is 66.4 Å². The summed E-state index contributed by atoms with van der Waals surface area (Å²) in [5.41, 5.74) is 0.385. The average Bonchev–Trinajstić information content (AvgIpc) is 2.98. The second-order valence-corrected chi connectivity index (χ2v) is 6.84. The molecular weight excluding hydrogens is 323 g/mol. The minimum absolute atomic E-state index is 0.254. The first-order valence-corrected chi connectivity index (χ1v) is 8.65. The summed E-state index contributed by atoms with van der Waals surface area (Å²) >= 11 is 0. The smallest absolute Gasteiger partial charge is 0.328 e. The van der Waals surface area contributed by atoms with Gasteiger partial charge in [-0.15, -0.1) is 0 Å². The molecule has 6 nitrogen and oxygen atoms in total. The Balaban J connectivity index is 1.66. The first-order valence-electron chi connectivity index (χ1n) is 8.65. The van der Waals surface area contributed by atoms with Gasteiger partial charge in [0.1, 0.15) is 5.67 Å². The van der Waals surface area contributed by atoms with Gasteiger partial charge < -0.3 is 9.88 Å². The zero-order chi connectivity index (χ0) is 17.4. The molecule has 2 saturated heterocycles. The minimum atomic E-state index is -1.25. The number of fused-ring (bicyclic) bond motifs is 1. The van der Waals surface area contributed by atoms with E-state index in [0.29, 0.717) is 19.5 Å². The largest absolute Gasteiger partial charge is 0.344 e. The summed E-state index contributed by atoms with van der Waals surface area (Å²) in [7, 11) is 0. The van der Waals surface area contributed by atoms with Crippen LogP contribution in [0.15, 0.2) is 30.5 Å². The van der Waals surface area contributed by atoms with Crippen LogP contribution in [0, 0.1) is 0 Å². The fourth-order valence-electron chi connectivity index (χ4n) is 3.75. The van der Waals surface area contributed by atoms with Crippen LogP contribution in [-0.4, -0.2) is 41.8 Å². The molecule has 3 amide bonds. The second-order valence-electron chi connectivity index (χ2n) is 6.84. The number of halogens is 1. The van der Waals surface area contributed by atoms with Gasteiger partial charge in [-0.1, -0.05) is 6.07 Å². The number of nitrogens with zero attached hydrogens (tertiary/aromatic N) is 2. The van der Waals surface area contributed by atoms with Crippen LogP contribution in [0.2, 0.25) is 0 Å². The van der Waals surface area contributed by atoms with Crippen molar-refractivity contribution in [1.82, 2.24) is 15.2 Å². The number of imide groups is 1. The first kappa shape index (κ1) is 16.1. The van der Waals surface area contributed by atoms with Gasteiger partial charge in [-0.3, -0.25) is 15.0 Å². The van der Waals surface area contributed by atoms with Gasteiger partial charge in [-0.2, -0.15) is 0 Å². The number of amides is 3. The quantitative estimate of drug-likeness (QED) is 0.897. The Morgan fingerprint density at radius 3 is 2.88 bits per heavy atom. The number of rotatable bonds is 3. The molecule has 0 spiro atoms. The molecule has 0 unspecified atom stereocenters. The summed E-state index contributed by atoms with van der Waals surface area (Å²) < 4.78 is 16.9. The molecule has 25 heavy (non-hydrogen) atoms. The van der Waals surface area contributed by atoms with E-state index in [2.05, 4.69) is 10.6 Å². The van der Waals surface area contributed by atoms with Gasteiger partial charge in [-0.25, -0.2) is 9.18 Å². The highest BCUT2D eigenvalue weighted by Crippen LogP contribution is 2.31. The molecule has 2 fully saturated rings. The number of aromatic nitrogens is 1. The number of carbonyl (C=O) groups is 2. The molecule has 1 aromatic carbocycles. The molecule has 3 heterocycles. The van der Waals surface area contributed by atoms with Crippen LogP contribution in [0.5, 0.6) is 0 Å². The third-order valence-electron chi connectivity index (χ3n) is 5.01. The van der Waals surface area contributed by atoms with Crippen LogP contribution in [0.4, 0.5) is 14.9 Å². The molecule has 0 radical (unpaired) electrons. The first-order chi connectivity index (χ1) is 12.1. The summed E-state index contributed by atoms with van der Waals surface area (Å²) in [6, 6.07) is 7.16. The number of urea groups is 1. The van der Waals surface area contributed by atoms with Crippen molar-refractivity contribution in [2.45, 2.75) is 31.5 Å². The average molecular weight is 344 g/mol. The summed E-state index contributed by atoms with van der Waals surface area (Å²) in [5.74, 6) is -0.254. The maximum Gasteiger partial charge on any atom is 0.328 e. The minimum Gasteiger partial charge on any atom is -0.344 e. The number of benzene rings is 1. The lowest BCUT2D eigenvalue weighted by atomic mass is 9.96. The Labute approximate surface area is 145 Å². The predicted octanol–water partition coefficient (Wildman–Crippen LogP) is 2.18. The second kappa shape index (κ2) is 6.15. The maximum atomic E-state index is 15.0. The fraction of sp³-hybridized carbons (Fsp3) is 0.444. The summed E-state index contributed by atoms with van der Waals surface area (Å²) in [6.45, 7) is 1.87. The number of hydrogen-bond acceptors (Lipinski definition) is 3. The van der Waals surface area contributed by atoms with Gasteiger partial charge in [0.15, 0.2) is 0 Å². The molecule has 0 aliphatic carbocycles. The van der Waals surface area contributed by atoms with E-state index in [1.165, 1.54) is 0 Å². The SMILES string of the molecule is O=C1CCN(c2cccc3c2ccn3C[C@]2(F)CCCNC2)C(=O)N1. The molecule has 2 N–H and O–H groups in total. The van der Waals surface area contributed by atoms with E-state index in [4.69, 9.17) is 0 Å². The molecule has 7 heteroatoms. The fourth-order valence-corrected chi connectivity index (χ4v) is 3.75. The highest BCUT2D eigenvalue weighted by atomic mass is 19.1. The van der Waals surface area contributed by atoms with E-state index in [1.807, 2.05) is 35.0 Å². The summed E-state index contributed by atoms with van der Waals surface area (Å²) in [5, 5.41) is 6.36. The molecule has 2 aromatic rings. The summed E-state index contributed by atoms with van der Waals surface area (Å²) in [6.07, 6.45) is 3.54. The van der Waals surface area contributed by atoms with E-state index < -0.39 is 11.7 Å². The van der Waals surface area contributed by atoms with Crippen LogP contribution in [-0.2, 0) is 11.3 Å². The number of anilines is 1. The highest BCUT2D eigenvalue weighted by Gasteiger charge is 2.33. The summed E-state index contributed by atoms with van der Waals surface area (Å²) in [4.78, 5) is 25.1. The number of hydrogen-bond donors (Lipinski definition) is 2. The van der Waals surface area contributed by atoms with Gasteiger partial charge in [0.25, 0.3) is 0 Å². The number of nitrogens with one attached hydrogen (secondary N) is 2. The number of alkyl halides is 1. The molecule has 1 aromatic heterocycles. The maximum absolute atomic E-state index is 15.0. The van der Waals surface area contributed by atoms with Gasteiger partial charge in [0, 0.05) is 31.1 Å². The Morgan fingerprint density at radius 1 is 1.24 bits per heavy atom. The zero-order valence-electron chi connectivity index (χ0n) is 13.9. The van der Waals surface area contributed by atoms with Crippen LogP contribution in [0.3, 0.4) is 0 Å². The van der Waals surface area contributed by atoms with Crippen molar-refractivity contribution in [2.75, 3.05) is 24.5 Å². The standard InChI is InChI=1S/C18H21FN4O2/c19-18(7-2-8-20-11-18)12-22-9-5-13-14(22)3-1-4-15(13)23-10-6-16(24)21-17(23)25/h1,3-5,9,20H,2,6-8,10-12H2,(H,21,24,25)/t18-/m0/s1. The molecule has 0 saturated carbocycles. The van der Waals surface area contributed by atoms with E-state index >= 15 is 4.39 Å². The van der Waals surface area contributed by atoms with E-state index in [-0.39, 0.29) is 18.9 Å². The van der Waals surface area contributed by atoms with Gasteiger partial charge in [-0.05, 0) is 37.6 Å². The van der Waals surface area contributed by atoms with Crippen LogP contribution >= 0.6 is 0 Å². The molecule has 0 bridgehead atoms. The number of carbonyl (C=O) groups excluding carboxylic acids is 2. The lowest BCUT2D eigenvalue weighted by Gasteiger charge is -2.31. The monoisotopic (exact) mass is 344 g/mol. The van der Waals surface area contributed by atoms with E-state index in [1.54, 1.807) is 4.90 Å². The van der Waals surface area contributed by atoms with Crippen LogP contribution < -0.4 is 15.5 Å². The Kier molecular flexibility index (Phi) is 3.95. The Bertz CT molecular complexity index is 826. The van der Waals surface area contributed by atoms with Gasteiger partial charge >= 0.3 is 6.03 Å². The van der Waals surface area contributed by atoms with Gasteiger partial charge in [0.05, 0.1) is 17.7 Å². The van der Waals surface area contributed by atoms with Crippen molar-refractivity contribution in [3.63, 3.8) is 0 Å².